The van der Waals surface area contributed by atoms with Crippen LogP contribution in [0.5, 0.6) is 0 Å². The third-order valence-corrected chi connectivity index (χ3v) is 7.42. The highest BCUT2D eigenvalue weighted by Crippen LogP contribution is 2.31. The van der Waals surface area contributed by atoms with Gasteiger partial charge in [-0.2, -0.15) is 9.29 Å². The van der Waals surface area contributed by atoms with Crippen molar-refractivity contribution in [3.05, 3.63) is 64.5 Å². The largest absolute Gasteiger partial charge is 0.339 e. The molecular weight excluding hydrogens is 442 g/mol. The summed E-state index contributed by atoms with van der Waals surface area (Å²) in [4.78, 5) is 4.85. The molecular formula is C20H20BrN3O3S. The summed E-state index contributed by atoms with van der Waals surface area (Å²) in [6, 6.07) is 14.6. The zero-order valence-electron chi connectivity index (χ0n) is 15.4. The quantitative estimate of drug-likeness (QED) is 0.576. The summed E-state index contributed by atoms with van der Waals surface area (Å²) in [5.74, 6) is 0.930. The molecule has 146 valence electrons. The van der Waals surface area contributed by atoms with Gasteiger partial charge in [-0.3, -0.25) is 0 Å². The van der Waals surface area contributed by atoms with Gasteiger partial charge >= 0.3 is 0 Å². The minimum absolute atomic E-state index is 0.107. The lowest BCUT2D eigenvalue weighted by molar-refractivity contribution is 0.265. The Balaban J connectivity index is 1.56. The van der Waals surface area contributed by atoms with Gasteiger partial charge in [0.2, 0.25) is 21.7 Å². The Kier molecular flexibility index (Phi) is 5.35. The Morgan fingerprint density at radius 1 is 1.14 bits per heavy atom. The van der Waals surface area contributed by atoms with Crippen molar-refractivity contribution < 1.29 is 12.9 Å². The first-order valence-corrected chi connectivity index (χ1v) is 11.3. The molecule has 1 aliphatic heterocycles. The molecule has 0 saturated carbocycles. The number of hydrogen-bond donors (Lipinski definition) is 0. The number of piperidine rings is 1. The van der Waals surface area contributed by atoms with Gasteiger partial charge in [-0.1, -0.05) is 45.4 Å². The molecule has 0 radical (unpaired) electrons. The van der Waals surface area contributed by atoms with E-state index < -0.39 is 10.0 Å². The Hall–Kier alpha value is -2.03. The number of hydrogen-bond acceptors (Lipinski definition) is 5. The van der Waals surface area contributed by atoms with Gasteiger partial charge in [0.25, 0.3) is 0 Å². The fourth-order valence-electron chi connectivity index (χ4n) is 3.45. The molecule has 1 aromatic heterocycles. The Morgan fingerprint density at radius 2 is 1.89 bits per heavy atom. The third kappa shape index (κ3) is 3.76. The first-order chi connectivity index (χ1) is 13.4. The second-order valence-corrected chi connectivity index (χ2v) is 9.78. The van der Waals surface area contributed by atoms with Crippen molar-refractivity contribution in [2.75, 3.05) is 13.1 Å². The maximum absolute atomic E-state index is 13.0. The lowest BCUT2D eigenvalue weighted by atomic mass is 10.00. The fraction of sp³-hybridized carbons (Fsp3) is 0.300. The first-order valence-electron chi connectivity index (χ1n) is 9.10. The number of nitrogens with zero attached hydrogens (tertiary/aromatic N) is 3. The van der Waals surface area contributed by atoms with Crippen molar-refractivity contribution in [3.63, 3.8) is 0 Å². The highest BCUT2D eigenvalue weighted by molar-refractivity contribution is 9.10. The molecule has 2 aromatic carbocycles. The van der Waals surface area contributed by atoms with Crippen LogP contribution in [0.2, 0.25) is 0 Å². The molecule has 2 heterocycles. The van der Waals surface area contributed by atoms with Crippen molar-refractivity contribution in [2.45, 2.75) is 30.6 Å². The maximum Gasteiger partial charge on any atom is 0.243 e. The molecule has 0 amide bonds. The Bertz CT molecular complexity index is 1080. The zero-order chi connectivity index (χ0) is 19.7. The highest BCUT2D eigenvalue weighted by Gasteiger charge is 2.33. The van der Waals surface area contributed by atoms with Gasteiger partial charge in [0.1, 0.15) is 0 Å². The fourth-order valence-corrected chi connectivity index (χ4v) is 5.24. The van der Waals surface area contributed by atoms with E-state index in [0.29, 0.717) is 29.7 Å². The van der Waals surface area contributed by atoms with Crippen LogP contribution in [0.15, 0.2) is 62.4 Å². The maximum atomic E-state index is 13.0. The summed E-state index contributed by atoms with van der Waals surface area (Å²) in [6.07, 6.45) is 1.57. The Morgan fingerprint density at radius 3 is 2.64 bits per heavy atom. The van der Waals surface area contributed by atoms with Crippen LogP contribution in [0.25, 0.3) is 11.4 Å². The normalized spacial score (nSPS) is 18.3. The van der Waals surface area contributed by atoms with Crippen LogP contribution >= 0.6 is 15.9 Å². The van der Waals surface area contributed by atoms with Crippen LogP contribution in [-0.2, 0) is 10.0 Å². The molecule has 0 N–H and O–H groups in total. The van der Waals surface area contributed by atoms with E-state index in [9.17, 15) is 8.42 Å². The highest BCUT2D eigenvalue weighted by atomic mass is 79.9. The average Bonchev–Trinajstić information content (AvgIpc) is 3.19. The summed E-state index contributed by atoms with van der Waals surface area (Å²) in [7, 11) is -3.55. The van der Waals surface area contributed by atoms with Crippen molar-refractivity contribution >= 4 is 26.0 Å². The molecule has 1 fully saturated rings. The van der Waals surface area contributed by atoms with E-state index in [-0.39, 0.29) is 5.92 Å². The average molecular weight is 462 g/mol. The van der Waals surface area contributed by atoms with Crippen LogP contribution in [0.4, 0.5) is 0 Å². The summed E-state index contributed by atoms with van der Waals surface area (Å²) in [5.41, 5.74) is 1.99. The predicted octanol–water partition coefficient (Wildman–Crippen LogP) is 4.38. The lowest BCUT2D eigenvalue weighted by Crippen LogP contribution is -2.39. The predicted molar refractivity (Wildman–Crippen MR) is 109 cm³/mol. The number of rotatable bonds is 4. The van der Waals surface area contributed by atoms with Gasteiger partial charge in [-0.15, -0.1) is 0 Å². The minimum atomic E-state index is -3.55. The zero-order valence-corrected chi connectivity index (χ0v) is 17.8. The second-order valence-electron chi connectivity index (χ2n) is 6.93. The Labute approximate surface area is 172 Å². The van der Waals surface area contributed by atoms with Crippen molar-refractivity contribution in [1.29, 1.82) is 0 Å². The van der Waals surface area contributed by atoms with Crippen molar-refractivity contribution in [1.82, 2.24) is 14.4 Å². The van der Waals surface area contributed by atoms with Gasteiger partial charge in [0, 0.05) is 23.1 Å². The van der Waals surface area contributed by atoms with Crippen molar-refractivity contribution in [2.24, 2.45) is 0 Å². The molecule has 0 bridgehead atoms. The van der Waals surface area contributed by atoms with Crippen molar-refractivity contribution in [3.8, 4) is 11.4 Å². The van der Waals surface area contributed by atoms with Gasteiger partial charge in [-0.25, -0.2) is 8.42 Å². The van der Waals surface area contributed by atoms with Crippen LogP contribution in [0.3, 0.4) is 0 Å². The topological polar surface area (TPSA) is 76.3 Å². The molecule has 1 unspecified atom stereocenters. The summed E-state index contributed by atoms with van der Waals surface area (Å²) >= 11 is 3.34. The minimum Gasteiger partial charge on any atom is -0.339 e. The van der Waals surface area contributed by atoms with E-state index in [1.165, 1.54) is 4.31 Å². The van der Waals surface area contributed by atoms with Gasteiger partial charge in [0.05, 0.1) is 10.8 Å². The number of sulfonamides is 1. The van der Waals surface area contributed by atoms with Gasteiger partial charge < -0.3 is 4.52 Å². The molecule has 8 heteroatoms. The van der Waals surface area contributed by atoms with E-state index >= 15 is 0 Å². The van der Waals surface area contributed by atoms with E-state index in [1.54, 1.807) is 24.3 Å². The smallest absolute Gasteiger partial charge is 0.243 e. The van der Waals surface area contributed by atoms with E-state index in [4.69, 9.17) is 4.52 Å². The molecule has 1 atom stereocenters. The summed E-state index contributed by atoms with van der Waals surface area (Å²) < 4.78 is 33.8. The van der Waals surface area contributed by atoms with Gasteiger partial charge in [-0.05, 0) is 49.6 Å². The first kappa shape index (κ1) is 19.3. The molecule has 0 aliphatic carbocycles. The van der Waals surface area contributed by atoms with E-state index in [1.807, 2.05) is 31.2 Å². The van der Waals surface area contributed by atoms with E-state index in [0.717, 1.165) is 28.4 Å². The number of aryl methyl sites for hydroxylation is 1. The monoisotopic (exact) mass is 461 g/mol. The number of halogens is 1. The van der Waals surface area contributed by atoms with Crippen LogP contribution in [0.1, 0.15) is 30.2 Å². The van der Waals surface area contributed by atoms with Gasteiger partial charge in [0.15, 0.2) is 0 Å². The van der Waals surface area contributed by atoms with Crippen LogP contribution in [-0.4, -0.2) is 36.0 Å². The molecule has 1 saturated heterocycles. The van der Waals surface area contributed by atoms with Crippen LogP contribution < -0.4 is 0 Å². The molecule has 6 nitrogen and oxygen atoms in total. The summed E-state index contributed by atoms with van der Waals surface area (Å²) in [5, 5.41) is 4.12. The SMILES string of the molecule is Cc1ccccc1-c1noc(C2CCCN(S(=O)(=O)c3ccc(Br)cc3)C2)n1. The van der Waals surface area contributed by atoms with E-state index in [2.05, 4.69) is 26.1 Å². The lowest BCUT2D eigenvalue weighted by Gasteiger charge is -2.30. The molecule has 3 aromatic rings. The molecule has 28 heavy (non-hydrogen) atoms. The third-order valence-electron chi connectivity index (χ3n) is 5.01. The molecule has 1 aliphatic rings. The number of aromatic nitrogens is 2. The molecule has 0 spiro atoms. The summed E-state index contributed by atoms with van der Waals surface area (Å²) in [6.45, 7) is 2.83. The van der Waals surface area contributed by atoms with Crippen LogP contribution in [0, 0.1) is 6.92 Å². The molecule has 4 rings (SSSR count). The second kappa shape index (κ2) is 7.77. The standard InChI is InChI=1S/C20H20BrN3O3S/c1-14-5-2-3-7-18(14)19-22-20(27-23-19)15-6-4-12-24(13-15)28(25,26)17-10-8-16(21)9-11-17/h2-3,5,7-11,15H,4,6,12-13H2,1H3. The number of benzene rings is 2.